The van der Waals surface area contributed by atoms with Gasteiger partial charge in [-0.2, -0.15) is 0 Å². The fourth-order valence-electron chi connectivity index (χ4n) is 1.61. The maximum absolute atomic E-state index is 11.5. The second-order valence-electron chi connectivity index (χ2n) is 4.44. The maximum Gasteiger partial charge on any atom is 0.224 e. The van der Waals surface area contributed by atoms with Crippen LogP contribution in [0.2, 0.25) is 0 Å². The van der Waals surface area contributed by atoms with Gasteiger partial charge in [-0.1, -0.05) is 18.2 Å². The molecule has 1 saturated carbocycles. The topological polar surface area (TPSA) is 29.1 Å². The van der Waals surface area contributed by atoms with E-state index in [2.05, 4.69) is 31.3 Å². The zero-order chi connectivity index (χ0) is 10.8. The highest BCUT2D eigenvalue weighted by molar-refractivity contribution is 5.79. The molecule has 80 valence electrons. The predicted octanol–water partition coefficient (Wildman–Crippen LogP) is 2.12. The van der Waals surface area contributed by atoms with Crippen LogP contribution < -0.4 is 5.32 Å². The number of nitrogens with one attached hydrogen (secondary N) is 1. The van der Waals surface area contributed by atoms with E-state index < -0.39 is 0 Å². The molecule has 2 heteroatoms. The molecule has 0 saturated heterocycles. The van der Waals surface area contributed by atoms with Gasteiger partial charge in [0.15, 0.2) is 0 Å². The summed E-state index contributed by atoms with van der Waals surface area (Å²) in [5, 5.41) is 3.00. The summed E-state index contributed by atoms with van der Waals surface area (Å²) < 4.78 is 0. The Morgan fingerprint density at radius 2 is 2.07 bits per heavy atom. The lowest BCUT2D eigenvalue weighted by Gasteiger charge is -2.05. The van der Waals surface area contributed by atoms with Gasteiger partial charge in [0.05, 0.1) is 6.42 Å². The second-order valence-corrected chi connectivity index (χ2v) is 4.44. The molecule has 0 radical (unpaired) electrons. The number of hydrogen-bond acceptors (Lipinski definition) is 1. The van der Waals surface area contributed by atoms with Gasteiger partial charge < -0.3 is 5.32 Å². The summed E-state index contributed by atoms with van der Waals surface area (Å²) in [6.45, 7) is 4.17. The van der Waals surface area contributed by atoms with Crippen LogP contribution in [0.4, 0.5) is 0 Å². The highest BCUT2D eigenvalue weighted by Gasteiger charge is 2.22. The summed E-state index contributed by atoms with van der Waals surface area (Å²) in [5.41, 5.74) is 3.64. The summed E-state index contributed by atoms with van der Waals surface area (Å²) in [6.07, 6.45) is 2.81. The van der Waals surface area contributed by atoms with Crippen LogP contribution in [0.25, 0.3) is 0 Å². The smallest absolute Gasteiger partial charge is 0.224 e. The summed E-state index contributed by atoms with van der Waals surface area (Å²) >= 11 is 0. The molecule has 1 fully saturated rings. The minimum atomic E-state index is 0.153. The van der Waals surface area contributed by atoms with Gasteiger partial charge in [0.25, 0.3) is 0 Å². The molecule has 1 aromatic rings. The first kappa shape index (κ1) is 10.2. The van der Waals surface area contributed by atoms with Crippen molar-refractivity contribution in [1.29, 1.82) is 0 Å². The highest BCUT2D eigenvalue weighted by atomic mass is 16.1. The molecule has 1 N–H and O–H groups in total. The van der Waals surface area contributed by atoms with Crippen molar-refractivity contribution >= 4 is 5.91 Å². The number of benzene rings is 1. The average molecular weight is 203 g/mol. The molecule has 1 aromatic carbocycles. The van der Waals surface area contributed by atoms with E-state index in [0.29, 0.717) is 12.5 Å². The van der Waals surface area contributed by atoms with E-state index in [4.69, 9.17) is 0 Å². The Balaban J connectivity index is 1.97. The molecule has 2 nitrogen and oxygen atoms in total. The average Bonchev–Trinajstić information content (AvgIpc) is 2.95. The van der Waals surface area contributed by atoms with Crippen LogP contribution in [0.15, 0.2) is 18.2 Å². The Labute approximate surface area is 90.7 Å². The molecule has 0 aliphatic heterocycles. The number of carbonyl (C=O) groups excluding carboxylic acids is 1. The molecule has 0 atom stereocenters. The fraction of sp³-hybridized carbons (Fsp3) is 0.462. The standard InChI is InChI=1S/C13H17NO/c1-9-3-4-11(7-10(9)2)8-13(15)14-12-5-6-12/h3-4,7,12H,5-6,8H2,1-2H3,(H,14,15). The number of aryl methyl sites for hydroxylation is 2. The zero-order valence-electron chi connectivity index (χ0n) is 9.34. The van der Waals surface area contributed by atoms with Crippen LogP contribution in [-0.4, -0.2) is 11.9 Å². The van der Waals surface area contributed by atoms with E-state index in [-0.39, 0.29) is 5.91 Å². The van der Waals surface area contributed by atoms with Crippen LogP contribution in [0, 0.1) is 13.8 Å². The molecular weight excluding hydrogens is 186 g/mol. The fourth-order valence-corrected chi connectivity index (χ4v) is 1.61. The van der Waals surface area contributed by atoms with Crippen LogP contribution in [-0.2, 0) is 11.2 Å². The molecule has 0 spiro atoms. The van der Waals surface area contributed by atoms with Gasteiger partial charge in [0, 0.05) is 6.04 Å². The number of hydrogen-bond donors (Lipinski definition) is 1. The lowest BCUT2D eigenvalue weighted by atomic mass is 10.0. The van der Waals surface area contributed by atoms with E-state index in [1.165, 1.54) is 11.1 Å². The van der Waals surface area contributed by atoms with Gasteiger partial charge in [0.2, 0.25) is 5.91 Å². The van der Waals surface area contributed by atoms with Crippen molar-refractivity contribution in [3.05, 3.63) is 34.9 Å². The summed E-state index contributed by atoms with van der Waals surface area (Å²) in [7, 11) is 0. The first-order chi connectivity index (χ1) is 7.15. The third kappa shape index (κ3) is 2.82. The Morgan fingerprint density at radius 1 is 1.33 bits per heavy atom. The quantitative estimate of drug-likeness (QED) is 0.801. The molecule has 2 rings (SSSR count). The minimum Gasteiger partial charge on any atom is -0.353 e. The van der Waals surface area contributed by atoms with E-state index in [0.717, 1.165) is 18.4 Å². The van der Waals surface area contributed by atoms with Crippen molar-refractivity contribution in [2.24, 2.45) is 0 Å². The van der Waals surface area contributed by atoms with Crippen molar-refractivity contribution in [2.45, 2.75) is 39.2 Å². The predicted molar refractivity (Wildman–Crippen MR) is 60.8 cm³/mol. The Kier molecular flexibility index (Phi) is 2.76. The van der Waals surface area contributed by atoms with E-state index in [1.54, 1.807) is 0 Å². The third-order valence-corrected chi connectivity index (χ3v) is 2.88. The van der Waals surface area contributed by atoms with E-state index in [1.807, 2.05) is 6.07 Å². The van der Waals surface area contributed by atoms with E-state index >= 15 is 0 Å². The lowest BCUT2D eigenvalue weighted by Crippen LogP contribution is -2.26. The zero-order valence-corrected chi connectivity index (χ0v) is 9.34. The van der Waals surface area contributed by atoms with Gasteiger partial charge in [0.1, 0.15) is 0 Å². The second kappa shape index (κ2) is 4.05. The molecule has 1 aliphatic carbocycles. The largest absolute Gasteiger partial charge is 0.353 e. The van der Waals surface area contributed by atoms with Crippen molar-refractivity contribution in [1.82, 2.24) is 5.32 Å². The molecule has 0 unspecified atom stereocenters. The van der Waals surface area contributed by atoms with Gasteiger partial charge >= 0.3 is 0 Å². The van der Waals surface area contributed by atoms with Crippen LogP contribution in [0.1, 0.15) is 29.5 Å². The van der Waals surface area contributed by atoms with Crippen LogP contribution in [0.5, 0.6) is 0 Å². The summed E-state index contributed by atoms with van der Waals surface area (Å²) in [6, 6.07) is 6.68. The van der Waals surface area contributed by atoms with Gasteiger partial charge in [-0.15, -0.1) is 0 Å². The Morgan fingerprint density at radius 3 is 2.67 bits per heavy atom. The maximum atomic E-state index is 11.5. The SMILES string of the molecule is Cc1ccc(CC(=O)NC2CC2)cc1C. The highest BCUT2D eigenvalue weighted by Crippen LogP contribution is 2.19. The summed E-state index contributed by atoms with van der Waals surface area (Å²) in [5.74, 6) is 0.153. The first-order valence-corrected chi connectivity index (χ1v) is 5.50. The molecule has 0 heterocycles. The molecular formula is C13H17NO. The number of rotatable bonds is 3. The molecule has 15 heavy (non-hydrogen) atoms. The molecule has 0 bridgehead atoms. The van der Waals surface area contributed by atoms with Crippen molar-refractivity contribution in [3.63, 3.8) is 0 Å². The normalized spacial score (nSPS) is 15.1. The van der Waals surface area contributed by atoms with Gasteiger partial charge in [-0.25, -0.2) is 0 Å². The Bertz CT molecular complexity index is 380. The van der Waals surface area contributed by atoms with Crippen molar-refractivity contribution < 1.29 is 4.79 Å². The third-order valence-electron chi connectivity index (χ3n) is 2.88. The molecule has 1 amide bonds. The molecule has 0 aromatic heterocycles. The minimum absolute atomic E-state index is 0.153. The van der Waals surface area contributed by atoms with Gasteiger partial charge in [-0.05, 0) is 43.4 Å². The van der Waals surface area contributed by atoms with Crippen LogP contribution in [0.3, 0.4) is 0 Å². The number of carbonyl (C=O) groups is 1. The van der Waals surface area contributed by atoms with Crippen molar-refractivity contribution in [3.8, 4) is 0 Å². The summed E-state index contributed by atoms with van der Waals surface area (Å²) in [4.78, 5) is 11.5. The molecule has 1 aliphatic rings. The van der Waals surface area contributed by atoms with Crippen molar-refractivity contribution in [2.75, 3.05) is 0 Å². The lowest BCUT2D eigenvalue weighted by molar-refractivity contribution is -0.120. The number of amides is 1. The first-order valence-electron chi connectivity index (χ1n) is 5.50. The van der Waals surface area contributed by atoms with E-state index in [9.17, 15) is 4.79 Å². The van der Waals surface area contributed by atoms with Gasteiger partial charge in [-0.3, -0.25) is 4.79 Å². The Hall–Kier alpha value is -1.31. The monoisotopic (exact) mass is 203 g/mol. The van der Waals surface area contributed by atoms with Crippen LogP contribution >= 0.6 is 0 Å².